The highest BCUT2D eigenvalue weighted by Gasteiger charge is 2.19. The van der Waals surface area contributed by atoms with E-state index in [4.69, 9.17) is 14.2 Å². The highest BCUT2D eigenvalue weighted by molar-refractivity contribution is 5.71. The monoisotopic (exact) mass is 975 g/mol. The van der Waals surface area contributed by atoms with Crippen LogP contribution in [0.1, 0.15) is 201 Å². The molecule has 71 heavy (non-hydrogen) atoms. The van der Waals surface area contributed by atoms with Crippen LogP contribution in [0, 0.1) is 0 Å². The first-order valence-corrected chi connectivity index (χ1v) is 27.7. The maximum absolute atomic E-state index is 12.8. The summed E-state index contributed by atoms with van der Waals surface area (Å²) >= 11 is 0. The highest BCUT2D eigenvalue weighted by atomic mass is 16.6. The predicted octanol–water partition coefficient (Wildman–Crippen LogP) is 18.8. The number of hydrogen-bond donors (Lipinski definition) is 0. The van der Waals surface area contributed by atoms with Crippen molar-refractivity contribution in [3.8, 4) is 0 Å². The van der Waals surface area contributed by atoms with Crippen molar-refractivity contribution in [1.82, 2.24) is 0 Å². The summed E-state index contributed by atoms with van der Waals surface area (Å²) in [6, 6.07) is 0. The van der Waals surface area contributed by atoms with Crippen molar-refractivity contribution in [3.05, 3.63) is 170 Å². The van der Waals surface area contributed by atoms with Crippen LogP contribution in [0.25, 0.3) is 0 Å². The Morgan fingerprint density at radius 1 is 0.296 bits per heavy atom. The SMILES string of the molecule is CC\C=C/C=C\C=C/CCCCCCCCCC(=O)OCC(COC(=O)CC/C=C\C/C=C\C/C=C\C/C=C\C/C=C\C/C=C\CC)OC(=O)CCCCC/C=C\C/C=C\C/C=C\C/C=C\C/C=C\CC. The fourth-order valence-electron chi connectivity index (χ4n) is 6.73. The zero-order chi connectivity index (χ0) is 51.4. The van der Waals surface area contributed by atoms with E-state index in [2.05, 4.69) is 179 Å². The number of unbranched alkanes of at least 4 members (excludes halogenated alkanes) is 10. The number of rotatable bonds is 47. The molecule has 0 radical (unpaired) electrons. The molecular formula is C65H98O6. The fraction of sp³-hybridized carbons (Fsp3) is 0.523. The minimum absolute atomic E-state index is 0.130. The largest absolute Gasteiger partial charge is 0.462 e. The Morgan fingerprint density at radius 3 is 1.04 bits per heavy atom. The molecule has 0 aliphatic heterocycles. The van der Waals surface area contributed by atoms with Crippen molar-refractivity contribution in [2.24, 2.45) is 0 Å². The van der Waals surface area contributed by atoms with E-state index in [1.807, 2.05) is 12.2 Å². The number of carbonyl (C=O) groups is 3. The second-order valence-electron chi connectivity index (χ2n) is 17.4. The second-order valence-corrected chi connectivity index (χ2v) is 17.4. The van der Waals surface area contributed by atoms with Gasteiger partial charge in [-0.2, -0.15) is 0 Å². The van der Waals surface area contributed by atoms with Gasteiger partial charge in [-0.15, -0.1) is 0 Å². The zero-order valence-electron chi connectivity index (χ0n) is 44.9. The fourth-order valence-corrected chi connectivity index (χ4v) is 6.73. The molecule has 0 amide bonds. The summed E-state index contributed by atoms with van der Waals surface area (Å²) in [6.07, 6.45) is 84.9. The molecule has 394 valence electrons. The third-order valence-electron chi connectivity index (χ3n) is 10.8. The molecule has 6 nitrogen and oxygen atoms in total. The predicted molar refractivity (Wildman–Crippen MR) is 306 cm³/mol. The standard InChI is InChI=1S/C65H98O6/c1-4-7-10-13-16-19-22-25-28-30-32-34-37-40-43-46-49-52-55-58-64(67)70-61-62(60-69-63(66)57-54-51-48-45-42-39-36-27-24-21-18-15-12-9-6-3)71-65(68)59-56-53-50-47-44-41-38-35-33-31-29-26-23-20-17-14-11-8-5-2/h7-12,15-21,24-26,28-29,32-35,40-41,43-44,49,52,62H,4-6,13-14,22-23,27,30-31,36-39,42,45-48,50-51,53-61H2,1-3H3/b10-7-,11-8-,12-9-,18-15-,19-16-,20-17-,24-21-,28-25-,29-26-,34-32-,35-33-,43-40-,44-41-,52-49-. The average molecular weight is 975 g/mol. The van der Waals surface area contributed by atoms with Crippen LogP contribution in [0.2, 0.25) is 0 Å². The summed E-state index contributed by atoms with van der Waals surface area (Å²) in [7, 11) is 0. The van der Waals surface area contributed by atoms with Crippen molar-refractivity contribution >= 4 is 17.9 Å². The van der Waals surface area contributed by atoms with E-state index in [1.165, 1.54) is 19.3 Å². The maximum atomic E-state index is 12.8. The second kappa shape index (κ2) is 57.3. The molecule has 0 bridgehead atoms. The summed E-state index contributed by atoms with van der Waals surface area (Å²) in [4.78, 5) is 38.1. The van der Waals surface area contributed by atoms with Crippen molar-refractivity contribution < 1.29 is 28.6 Å². The lowest BCUT2D eigenvalue weighted by Crippen LogP contribution is -2.30. The average Bonchev–Trinajstić information content (AvgIpc) is 3.37. The lowest BCUT2D eigenvalue weighted by Gasteiger charge is -2.18. The Balaban J connectivity index is 4.63. The Bertz CT molecular complexity index is 1690. The molecule has 0 saturated heterocycles. The third-order valence-corrected chi connectivity index (χ3v) is 10.8. The van der Waals surface area contributed by atoms with E-state index < -0.39 is 6.10 Å². The maximum Gasteiger partial charge on any atom is 0.306 e. The van der Waals surface area contributed by atoms with Gasteiger partial charge in [0.2, 0.25) is 0 Å². The van der Waals surface area contributed by atoms with Crippen LogP contribution in [0.15, 0.2) is 170 Å². The molecule has 6 heteroatoms. The first-order chi connectivity index (χ1) is 35.0. The molecule has 0 rings (SSSR count). The van der Waals surface area contributed by atoms with Gasteiger partial charge in [0.1, 0.15) is 13.2 Å². The minimum atomic E-state index is -0.841. The van der Waals surface area contributed by atoms with Crippen molar-refractivity contribution in [3.63, 3.8) is 0 Å². The number of hydrogen-bond acceptors (Lipinski definition) is 6. The van der Waals surface area contributed by atoms with Crippen LogP contribution in [0.4, 0.5) is 0 Å². The Hall–Kier alpha value is -5.23. The number of carbonyl (C=O) groups excluding carboxylic acids is 3. The molecule has 1 unspecified atom stereocenters. The van der Waals surface area contributed by atoms with Crippen LogP contribution in [0.5, 0.6) is 0 Å². The van der Waals surface area contributed by atoms with Crippen molar-refractivity contribution in [1.29, 1.82) is 0 Å². The summed E-state index contributed by atoms with van der Waals surface area (Å²) in [5.41, 5.74) is 0. The van der Waals surface area contributed by atoms with Crippen molar-refractivity contribution in [2.45, 2.75) is 207 Å². The molecule has 0 aliphatic rings. The van der Waals surface area contributed by atoms with Gasteiger partial charge in [0.05, 0.1) is 0 Å². The number of ether oxygens (including phenoxy) is 3. The summed E-state index contributed by atoms with van der Waals surface area (Å²) in [5.74, 6) is -1.07. The van der Waals surface area contributed by atoms with Gasteiger partial charge >= 0.3 is 17.9 Å². The topological polar surface area (TPSA) is 78.9 Å². The summed E-state index contributed by atoms with van der Waals surface area (Å²) in [6.45, 7) is 6.15. The highest BCUT2D eigenvalue weighted by Crippen LogP contribution is 2.12. The van der Waals surface area contributed by atoms with E-state index in [1.54, 1.807) is 0 Å². The summed E-state index contributed by atoms with van der Waals surface area (Å²) < 4.78 is 16.7. The molecule has 0 heterocycles. The first kappa shape index (κ1) is 65.8. The van der Waals surface area contributed by atoms with Gasteiger partial charge in [0.15, 0.2) is 6.10 Å². The molecule has 1 atom stereocenters. The lowest BCUT2D eigenvalue weighted by atomic mass is 10.1. The number of allylic oxidation sites excluding steroid dienone is 28. The van der Waals surface area contributed by atoms with E-state index in [9.17, 15) is 14.4 Å². The molecule has 0 spiro atoms. The molecule has 0 aromatic heterocycles. The lowest BCUT2D eigenvalue weighted by molar-refractivity contribution is -0.166. The normalized spacial score (nSPS) is 13.5. The van der Waals surface area contributed by atoms with E-state index in [0.717, 1.165) is 128 Å². The Morgan fingerprint density at radius 2 is 0.606 bits per heavy atom. The van der Waals surface area contributed by atoms with Gasteiger partial charge in [0, 0.05) is 19.3 Å². The minimum Gasteiger partial charge on any atom is -0.462 e. The molecule has 0 N–H and O–H groups in total. The van der Waals surface area contributed by atoms with Gasteiger partial charge in [-0.1, -0.05) is 229 Å². The molecule has 0 saturated carbocycles. The van der Waals surface area contributed by atoms with Crippen LogP contribution in [-0.4, -0.2) is 37.2 Å². The molecule has 0 aromatic rings. The molecule has 0 fully saturated rings. The number of esters is 3. The Labute approximate surface area is 434 Å². The van der Waals surface area contributed by atoms with E-state index >= 15 is 0 Å². The van der Waals surface area contributed by atoms with E-state index in [-0.39, 0.29) is 44.0 Å². The van der Waals surface area contributed by atoms with Gasteiger partial charge in [-0.3, -0.25) is 14.4 Å². The van der Waals surface area contributed by atoms with Gasteiger partial charge < -0.3 is 14.2 Å². The smallest absolute Gasteiger partial charge is 0.306 e. The first-order valence-electron chi connectivity index (χ1n) is 27.7. The van der Waals surface area contributed by atoms with Crippen LogP contribution in [-0.2, 0) is 28.6 Å². The molecule has 0 aliphatic carbocycles. The van der Waals surface area contributed by atoms with E-state index in [0.29, 0.717) is 19.3 Å². The Kier molecular flexibility index (Phi) is 53.1. The van der Waals surface area contributed by atoms with Crippen LogP contribution >= 0.6 is 0 Å². The van der Waals surface area contributed by atoms with Gasteiger partial charge in [-0.25, -0.2) is 0 Å². The van der Waals surface area contributed by atoms with Gasteiger partial charge in [-0.05, 0) is 122 Å². The molecular weight excluding hydrogens is 877 g/mol. The van der Waals surface area contributed by atoms with Crippen molar-refractivity contribution in [2.75, 3.05) is 13.2 Å². The molecule has 0 aromatic carbocycles. The van der Waals surface area contributed by atoms with Crippen LogP contribution in [0.3, 0.4) is 0 Å². The third kappa shape index (κ3) is 55.6. The van der Waals surface area contributed by atoms with Gasteiger partial charge in [0.25, 0.3) is 0 Å². The van der Waals surface area contributed by atoms with Crippen LogP contribution < -0.4 is 0 Å². The summed E-state index contributed by atoms with van der Waals surface area (Å²) in [5, 5.41) is 0. The zero-order valence-corrected chi connectivity index (χ0v) is 44.9. The quantitative estimate of drug-likeness (QED) is 0.0199.